The second-order valence-electron chi connectivity index (χ2n) is 4.90. The van der Waals surface area contributed by atoms with Gasteiger partial charge in [0.05, 0.1) is 0 Å². The molecule has 0 radical (unpaired) electrons. The Bertz CT molecular complexity index is 369. The average Bonchev–Trinajstić information content (AvgIpc) is 2.51. The topological polar surface area (TPSA) is 83.6 Å². The van der Waals surface area contributed by atoms with Crippen LogP contribution < -0.4 is 5.73 Å². The van der Waals surface area contributed by atoms with Crippen molar-refractivity contribution in [1.29, 1.82) is 0 Å². The monoisotopic (exact) mass is 282 g/mol. The van der Waals surface area contributed by atoms with E-state index in [9.17, 15) is 22.8 Å². The number of likely N-dealkylation sites (tertiary alicyclic amines) is 1. The largest absolute Gasteiger partial charge is 0.480 e. The van der Waals surface area contributed by atoms with Crippen LogP contribution in [0.15, 0.2) is 0 Å². The molecule has 1 aliphatic rings. The number of alkyl halides is 3. The number of halogens is 3. The lowest BCUT2D eigenvalue weighted by Crippen LogP contribution is -2.64. The lowest BCUT2D eigenvalue weighted by Gasteiger charge is -2.35. The number of rotatable bonds is 2. The van der Waals surface area contributed by atoms with Gasteiger partial charge in [-0.2, -0.15) is 13.2 Å². The first-order valence-corrected chi connectivity index (χ1v) is 5.98. The van der Waals surface area contributed by atoms with Gasteiger partial charge in [0.25, 0.3) is 5.91 Å². The molecular weight excluding hydrogens is 265 g/mol. The van der Waals surface area contributed by atoms with E-state index in [1.165, 1.54) is 0 Å². The zero-order valence-corrected chi connectivity index (χ0v) is 10.5. The van der Waals surface area contributed by atoms with Gasteiger partial charge in [0.2, 0.25) is 0 Å². The molecule has 1 aliphatic heterocycles. The van der Waals surface area contributed by atoms with Crippen LogP contribution in [-0.4, -0.2) is 46.2 Å². The molecule has 0 aliphatic carbocycles. The Morgan fingerprint density at radius 1 is 1.26 bits per heavy atom. The van der Waals surface area contributed by atoms with Crippen molar-refractivity contribution >= 4 is 11.9 Å². The van der Waals surface area contributed by atoms with Crippen LogP contribution in [0.4, 0.5) is 13.2 Å². The van der Waals surface area contributed by atoms with Gasteiger partial charge in [0.15, 0.2) is 5.54 Å². The Morgan fingerprint density at radius 2 is 1.84 bits per heavy atom. The summed E-state index contributed by atoms with van der Waals surface area (Å²) in [6.45, 7) is 0.553. The van der Waals surface area contributed by atoms with E-state index < -0.39 is 29.6 Å². The highest BCUT2D eigenvalue weighted by Crippen LogP contribution is 2.31. The molecule has 3 N–H and O–H groups in total. The molecule has 0 saturated carbocycles. The van der Waals surface area contributed by atoms with Crippen molar-refractivity contribution in [3.8, 4) is 0 Å². The van der Waals surface area contributed by atoms with Crippen LogP contribution in [0.2, 0.25) is 0 Å². The number of amides is 1. The van der Waals surface area contributed by atoms with E-state index in [1.807, 2.05) is 0 Å². The smallest absolute Gasteiger partial charge is 0.415 e. The standard InChI is InChI=1S/C11H17F3N2O3/c1-10(15,11(12,13)14)9(19)16-6-4-2-3-5-7(16)8(17)18/h7H,2-6,15H2,1H3,(H,17,18). The van der Waals surface area contributed by atoms with E-state index >= 15 is 0 Å². The van der Waals surface area contributed by atoms with Gasteiger partial charge in [0.1, 0.15) is 6.04 Å². The fourth-order valence-corrected chi connectivity index (χ4v) is 2.03. The number of nitrogens with zero attached hydrogens (tertiary/aromatic N) is 1. The van der Waals surface area contributed by atoms with Crippen LogP contribution in [-0.2, 0) is 9.59 Å². The molecular formula is C11H17F3N2O3. The number of nitrogens with two attached hydrogens (primary N) is 1. The van der Waals surface area contributed by atoms with Gasteiger partial charge in [-0.1, -0.05) is 12.8 Å². The molecule has 0 aromatic rings. The molecule has 1 rings (SSSR count). The predicted molar refractivity (Wildman–Crippen MR) is 60.3 cm³/mol. The molecule has 1 fully saturated rings. The number of hydrogen-bond donors (Lipinski definition) is 2. The molecule has 5 nitrogen and oxygen atoms in total. The molecule has 8 heteroatoms. The fraction of sp³-hybridized carbons (Fsp3) is 0.818. The van der Waals surface area contributed by atoms with Gasteiger partial charge < -0.3 is 15.7 Å². The molecule has 110 valence electrons. The zero-order chi connectivity index (χ0) is 14.8. The molecule has 2 unspecified atom stereocenters. The fourth-order valence-electron chi connectivity index (χ4n) is 2.03. The number of carboxylic acid groups (broad SMARTS) is 1. The Morgan fingerprint density at radius 3 is 2.32 bits per heavy atom. The molecule has 0 bridgehead atoms. The second kappa shape index (κ2) is 5.36. The first kappa shape index (κ1) is 15.7. The van der Waals surface area contributed by atoms with E-state index in [0.29, 0.717) is 26.2 Å². The quantitative estimate of drug-likeness (QED) is 0.795. The summed E-state index contributed by atoms with van der Waals surface area (Å²) in [7, 11) is 0. The number of aliphatic carboxylic acids is 1. The summed E-state index contributed by atoms with van der Waals surface area (Å²) in [5.74, 6) is -2.68. The average molecular weight is 282 g/mol. The van der Waals surface area contributed by atoms with Crippen molar-refractivity contribution in [1.82, 2.24) is 4.90 Å². The van der Waals surface area contributed by atoms with Crippen molar-refractivity contribution in [2.45, 2.75) is 50.4 Å². The lowest BCUT2D eigenvalue weighted by molar-refractivity contribution is -0.196. The van der Waals surface area contributed by atoms with Gasteiger partial charge in [-0.3, -0.25) is 4.79 Å². The van der Waals surface area contributed by atoms with Gasteiger partial charge in [0, 0.05) is 6.54 Å². The van der Waals surface area contributed by atoms with Gasteiger partial charge in [-0.25, -0.2) is 4.79 Å². The molecule has 1 amide bonds. The molecule has 19 heavy (non-hydrogen) atoms. The highest BCUT2D eigenvalue weighted by atomic mass is 19.4. The van der Waals surface area contributed by atoms with E-state index in [-0.39, 0.29) is 13.0 Å². The van der Waals surface area contributed by atoms with Crippen molar-refractivity contribution in [3.63, 3.8) is 0 Å². The van der Waals surface area contributed by atoms with Gasteiger partial charge in [-0.05, 0) is 19.8 Å². The molecule has 2 atom stereocenters. The third-order valence-corrected chi connectivity index (χ3v) is 3.33. The Hall–Kier alpha value is -1.31. The van der Waals surface area contributed by atoms with E-state index in [0.717, 1.165) is 4.90 Å². The molecule has 1 saturated heterocycles. The third kappa shape index (κ3) is 3.17. The summed E-state index contributed by atoms with van der Waals surface area (Å²) >= 11 is 0. The summed E-state index contributed by atoms with van der Waals surface area (Å²) in [5, 5.41) is 9.04. The highest BCUT2D eigenvalue weighted by Gasteiger charge is 2.56. The van der Waals surface area contributed by atoms with Crippen LogP contribution >= 0.6 is 0 Å². The SMILES string of the molecule is CC(N)(C(=O)N1CCCCCC1C(=O)O)C(F)(F)F. The lowest BCUT2D eigenvalue weighted by atomic mass is 9.99. The van der Waals surface area contributed by atoms with Crippen LogP contribution in [0.1, 0.15) is 32.6 Å². The maximum atomic E-state index is 12.7. The number of carbonyl (C=O) groups is 2. The Labute approximate surface area is 108 Å². The van der Waals surface area contributed by atoms with E-state index in [1.54, 1.807) is 0 Å². The number of carbonyl (C=O) groups excluding carboxylic acids is 1. The summed E-state index contributed by atoms with van der Waals surface area (Å²) in [4.78, 5) is 23.8. The first-order valence-electron chi connectivity index (χ1n) is 5.98. The predicted octanol–water partition coefficient (Wildman–Crippen LogP) is 1.12. The first-order chi connectivity index (χ1) is 8.59. The Kier molecular flexibility index (Phi) is 4.44. The molecule has 1 heterocycles. The minimum absolute atomic E-state index is 0.0152. The highest BCUT2D eigenvalue weighted by molar-refractivity contribution is 5.90. The maximum absolute atomic E-state index is 12.7. The molecule has 0 aromatic heterocycles. The normalized spacial score (nSPS) is 24.5. The number of hydrogen-bond acceptors (Lipinski definition) is 3. The Balaban J connectivity index is 3.03. The van der Waals surface area contributed by atoms with Crippen LogP contribution in [0.25, 0.3) is 0 Å². The van der Waals surface area contributed by atoms with Crippen LogP contribution in [0, 0.1) is 0 Å². The third-order valence-electron chi connectivity index (χ3n) is 3.33. The second-order valence-corrected chi connectivity index (χ2v) is 4.90. The number of carboxylic acids is 1. The van der Waals surface area contributed by atoms with Crippen molar-refractivity contribution in [3.05, 3.63) is 0 Å². The zero-order valence-electron chi connectivity index (χ0n) is 10.5. The van der Waals surface area contributed by atoms with E-state index in [4.69, 9.17) is 10.8 Å². The minimum atomic E-state index is -4.92. The van der Waals surface area contributed by atoms with Crippen molar-refractivity contribution < 1.29 is 27.9 Å². The summed E-state index contributed by atoms with van der Waals surface area (Å²) in [6, 6.07) is -1.24. The minimum Gasteiger partial charge on any atom is -0.480 e. The molecule has 0 aromatic carbocycles. The van der Waals surface area contributed by atoms with Crippen LogP contribution in [0.5, 0.6) is 0 Å². The van der Waals surface area contributed by atoms with Crippen LogP contribution in [0.3, 0.4) is 0 Å². The molecule has 0 spiro atoms. The summed E-state index contributed by atoms with van der Waals surface area (Å²) < 4.78 is 38.2. The van der Waals surface area contributed by atoms with Crippen molar-refractivity contribution in [2.75, 3.05) is 6.54 Å². The summed E-state index contributed by atoms with van der Waals surface area (Å²) in [5.41, 5.74) is 2.01. The van der Waals surface area contributed by atoms with Crippen molar-refractivity contribution in [2.24, 2.45) is 5.73 Å². The summed E-state index contributed by atoms with van der Waals surface area (Å²) in [6.07, 6.45) is -3.05. The van der Waals surface area contributed by atoms with Gasteiger partial charge >= 0.3 is 12.1 Å². The van der Waals surface area contributed by atoms with Gasteiger partial charge in [-0.15, -0.1) is 0 Å². The van der Waals surface area contributed by atoms with E-state index in [2.05, 4.69) is 0 Å². The maximum Gasteiger partial charge on any atom is 0.415 e.